The molecule has 0 aliphatic carbocycles. The second-order valence-electron chi connectivity index (χ2n) is 4.14. The Balaban J connectivity index is 2.34. The van der Waals surface area contributed by atoms with Crippen molar-refractivity contribution in [3.8, 4) is 11.5 Å². The molecule has 0 aromatic heterocycles. The summed E-state index contributed by atoms with van der Waals surface area (Å²) < 4.78 is 5.70. The second-order valence-corrected chi connectivity index (χ2v) is 4.70. The van der Waals surface area contributed by atoms with E-state index in [2.05, 4.69) is 15.9 Å². The lowest BCUT2D eigenvalue weighted by molar-refractivity contribution is 0.0694. The minimum Gasteiger partial charge on any atom is -0.478 e. The first-order chi connectivity index (χ1) is 9.11. The van der Waals surface area contributed by atoms with Crippen molar-refractivity contribution in [2.75, 3.05) is 0 Å². The van der Waals surface area contributed by atoms with Crippen molar-refractivity contribution < 1.29 is 14.6 Å². The largest absolute Gasteiger partial charge is 0.478 e. The van der Waals surface area contributed by atoms with E-state index in [1.54, 1.807) is 6.07 Å². The van der Waals surface area contributed by atoms with Crippen LogP contribution in [0.4, 0.5) is 0 Å². The van der Waals surface area contributed by atoms with Crippen LogP contribution in [0, 0.1) is 6.92 Å². The molecule has 0 spiro atoms. The van der Waals surface area contributed by atoms with E-state index in [-0.39, 0.29) is 5.56 Å². The predicted molar refractivity (Wildman–Crippen MR) is 77.3 cm³/mol. The molecule has 0 saturated heterocycles. The molecule has 1 N–H and O–H groups in total. The molecular weight excluding hydrogens is 308 g/mol. The topological polar surface area (TPSA) is 46.5 Å². The van der Waals surface area contributed by atoms with Gasteiger partial charge in [0.15, 0.2) is 0 Å². The normalized spacial score (nSPS) is 10.2. The van der Waals surface area contributed by atoms with Crippen molar-refractivity contribution in [2.45, 2.75) is 12.3 Å². The summed E-state index contributed by atoms with van der Waals surface area (Å²) in [5.74, 6) is 0.0267. The zero-order valence-corrected chi connectivity index (χ0v) is 12.0. The summed E-state index contributed by atoms with van der Waals surface area (Å²) >= 11 is 3.37. The molecule has 98 valence electrons. The van der Waals surface area contributed by atoms with Crippen LogP contribution in [0.15, 0.2) is 42.5 Å². The number of aryl methyl sites for hydroxylation is 1. The van der Waals surface area contributed by atoms with Crippen LogP contribution in [-0.2, 0) is 5.33 Å². The molecule has 0 saturated carbocycles. The Morgan fingerprint density at radius 3 is 2.47 bits per heavy atom. The Morgan fingerprint density at radius 1 is 1.21 bits per heavy atom. The van der Waals surface area contributed by atoms with Gasteiger partial charge in [-0.25, -0.2) is 4.79 Å². The first kappa shape index (κ1) is 13.6. The molecule has 0 fully saturated rings. The van der Waals surface area contributed by atoms with E-state index < -0.39 is 5.97 Å². The number of ether oxygens (including phenoxy) is 1. The zero-order valence-electron chi connectivity index (χ0n) is 10.4. The highest BCUT2D eigenvalue weighted by Gasteiger charge is 2.14. The second kappa shape index (κ2) is 5.89. The van der Waals surface area contributed by atoms with Crippen molar-refractivity contribution in [1.82, 2.24) is 0 Å². The van der Waals surface area contributed by atoms with Gasteiger partial charge >= 0.3 is 5.97 Å². The van der Waals surface area contributed by atoms with Crippen molar-refractivity contribution >= 4 is 21.9 Å². The van der Waals surface area contributed by atoms with Gasteiger partial charge in [0.1, 0.15) is 17.1 Å². The highest BCUT2D eigenvalue weighted by Crippen LogP contribution is 2.29. The maximum Gasteiger partial charge on any atom is 0.339 e. The van der Waals surface area contributed by atoms with Crippen LogP contribution < -0.4 is 4.74 Å². The molecule has 0 bridgehead atoms. The monoisotopic (exact) mass is 320 g/mol. The minimum absolute atomic E-state index is 0.171. The molecule has 19 heavy (non-hydrogen) atoms. The van der Waals surface area contributed by atoms with Gasteiger partial charge in [0, 0.05) is 5.33 Å². The van der Waals surface area contributed by atoms with Gasteiger partial charge in [-0.15, -0.1) is 0 Å². The van der Waals surface area contributed by atoms with E-state index in [9.17, 15) is 4.79 Å². The van der Waals surface area contributed by atoms with E-state index in [1.807, 2.05) is 37.3 Å². The Bertz CT molecular complexity index is 591. The van der Waals surface area contributed by atoms with Crippen LogP contribution in [0.5, 0.6) is 11.5 Å². The third-order valence-corrected chi connectivity index (χ3v) is 3.39. The van der Waals surface area contributed by atoms with Gasteiger partial charge in [-0.1, -0.05) is 40.2 Å². The first-order valence-corrected chi connectivity index (χ1v) is 6.89. The lowest BCUT2D eigenvalue weighted by Gasteiger charge is -2.11. The molecule has 2 aromatic rings. The van der Waals surface area contributed by atoms with Crippen LogP contribution in [0.2, 0.25) is 0 Å². The van der Waals surface area contributed by atoms with E-state index in [0.29, 0.717) is 11.5 Å². The molecule has 0 aliphatic heterocycles. The minimum atomic E-state index is -0.990. The molecule has 0 atom stereocenters. The number of carboxylic acid groups (broad SMARTS) is 1. The first-order valence-electron chi connectivity index (χ1n) is 5.77. The molecule has 4 heteroatoms. The Kier molecular flexibility index (Phi) is 4.22. The average molecular weight is 321 g/mol. The van der Waals surface area contributed by atoms with E-state index in [0.717, 1.165) is 16.5 Å². The number of halogens is 1. The Hall–Kier alpha value is -1.81. The van der Waals surface area contributed by atoms with Gasteiger partial charge < -0.3 is 9.84 Å². The molecule has 3 nitrogen and oxygen atoms in total. The molecule has 0 aliphatic rings. The predicted octanol–water partition coefficient (Wildman–Crippen LogP) is 4.38. The quantitative estimate of drug-likeness (QED) is 0.850. The van der Waals surface area contributed by atoms with Crippen molar-refractivity contribution in [3.63, 3.8) is 0 Å². The Morgan fingerprint density at radius 2 is 1.89 bits per heavy atom. The molecule has 0 radical (unpaired) electrons. The lowest BCUT2D eigenvalue weighted by Crippen LogP contribution is -2.01. The molecule has 0 heterocycles. The van der Waals surface area contributed by atoms with Gasteiger partial charge in [-0.2, -0.15) is 0 Å². The zero-order chi connectivity index (χ0) is 13.8. The SMILES string of the molecule is Cc1cccc(C(=O)O)c1Oc1ccc(CBr)cc1. The van der Waals surface area contributed by atoms with Gasteiger partial charge in [0.05, 0.1) is 0 Å². The average Bonchev–Trinajstić information content (AvgIpc) is 2.41. The van der Waals surface area contributed by atoms with Crippen LogP contribution in [0.1, 0.15) is 21.5 Å². The number of para-hydroxylation sites is 1. The molecule has 0 unspecified atom stereocenters. The van der Waals surface area contributed by atoms with E-state index in [1.165, 1.54) is 6.07 Å². The summed E-state index contributed by atoms with van der Waals surface area (Å²) in [5, 5.41) is 9.94. The molecule has 2 aromatic carbocycles. The summed E-state index contributed by atoms with van der Waals surface area (Å²) in [5.41, 5.74) is 2.10. The van der Waals surface area contributed by atoms with Crippen LogP contribution in [-0.4, -0.2) is 11.1 Å². The highest BCUT2D eigenvalue weighted by atomic mass is 79.9. The molecule has 0 amide bonds. The third kappa shape index (κ3) is 3.15. The summed E-state index contributed by atoms with van der Waals surface area (Å²) in [6.45, 7) is 1.83. The summed E-state index contributed by atoms with van der Waals surface area (Å²) in [6, 6.07) is 12.6. The lowest BCUT2D eigenvalue weighted by atomic mass is 10.1. The fraction of sp³-hybridized carbons (Fsp3) is 0.133. The standard InChI is InChI=1S/C15H13BrO3/c1-10-3-2-4-13(15(17)18)14(10)19-12-7-5-11(9-16)6-8-12/h2-8H,9H2,1H3,(H,17,18). The van der Waals surface area contributed by atoms with Gasteiger partial charge in [-0.05, 0) is 36.2 Å². The van der Waals surface area contributed by atoms with Gasteiger partial charge in [0.2, 0.25) is 0 Å². The van der Waals surface area contributed by atoms with Crippen LogP contribution >= 0.6 is 15.9 Å². The number of hydrogen-bond acceptors (Lipinski definition) is 2. The number of carbonyl (C=O) groups is 1. The third-order valence-electron chi connectivity index (χ3n) is 2.74. The number of benzene rings is 2. The fourth-order valence-electron chi connectivity index (χ4n) is 1.72. The van der Waals surface area contributed by atoms with Gasteiger partial charge in [-0.3, -0.25) is 0 Å². The number of hydrogen-bond donors (Lipinski definition) is 1. The number of aromatic carboxylic acids is 1. The van der Waals surface area contributed by atoms with Crippen LogP contribution in [0.25, 0.3) is 0 Å². The number of rotatable bonds is 4. The highest BCUT2D eigenvalue weighted by molar-refractivity contribution is 9.08. The van der Waals surface area contributed by atoms with Crippen LogP contribution in [0.3, 0.4) is 0 Å². The van der Waals surface area contributed by atoms with E-state index in [4.69, 9.17) is 9.84 Å². The maximum atomic E-state index is 11.2. The molecular formula is C15H13BrO3. The number of alkyl halides is 1. The van der Waals surface area contributed by atoms with Crippen molar-refractivity contribution in [2.24, 2.45) is 0 Å². The maximum absolute atomic E-state index is 11.2. The Labute approximate surface area is 120 Å². The molecule has 2 rings (SSSR count). The summed E-state index contributed by atoms with van der Waals surface area (Å²) in [4.78, 5) is 11.2. The van der Waals surface area contributed by atoms with Crippen molar-refractivity contribution in [3.05, 3.63) is 59.2 Å². The number of carboxylic acids is 1. The van der Waals surface area contributed by atoms with Crippen molar-refractivity contribution in [1.29, 1.82) is 0 Å². The van der Waals surface area contributed by atoms with E-state index >= 15 is 0 Å². The summed E-state index contributed by atoms with van der Waals surface area (Å²) in [6.07, 6.45) is 0. The van der Waals surface area contributed by atoms with Gasteiger partial charge in [0.25, 0.3) is 0 Å². The smallest absolute Gasteiger partial charge is 0.339 e. The summed E-state index contributed by atoms with van der Waals surface area (Å²) in [7, 11) is 0. The fourth-order valence-corrected chi connectivity index (χ4v) is 2.09.